The van der Waals surface area contributed by atoms with Gasteiger partial charge in [0.1, 0.15) is 10.9 Å². The molecule has 1 unspecified atom stereocenters. The largest absolute Gasteiger partial charge is 0.274 e. The number of amides is 2. The summed E-state index contributed by atoms with van der Waals surface area (Å²) in [6.45, 7) is 3.90. The highest BCUT2D eigenvalue weighted by Gasteiger charge is 2.47. The lowest BCUT2D eigenvalue weighted by atomic mass is 10.0. The second-order valence-electron chi connectivity index (χ2n) is 8.52. The number of carbonyl (C=O) groups is 2. The van der Waals surface area contributed by atoms with Gasteiger partial charge in [-0.1, -0.05) is 55.2 Å². The van der Waals surface area contributed by atoms with Crippen LogP contribution in [0.5, 0.6) is 0 Å². The number of hydrogen-bond donors (Lipinski definition) is 0. The third kappa shape index (κ3) is 5.11. The molecule has 182 valence electrons. The van der Waals surface area contributed by atoms with E-state index in [4.69, 9.17) is 23.2 Å². The molecular formula is C25H23Cl2N3O4S. The first kappa shape index (κ1) is 25.3. The summed E-state index contributed by atoms with van der Waals surface area (Å²) in [5.74, 6) is -0.830. The number of imide groups is 1. The lowest BCUT2D eigenvalue weighted by Crippen LogP contribution is -2.45. The first-order valence-electron chi connectivity index (χ1n) is 10.9. The molecule has 4 rings (SSSR count). The van der Waals surface area contributed by atoms with Crippen LogP contribution in [0.3, 0.4) is 0 Å². The standard InChI is InChI=1S/C25H23Cl2N3O4S/c1-16(2)18-5-8-20(9-6-18)30-24(31)13-22(25(30)32)29(15-17-4-3-11-28-14-17)35(33,34)23-12-19(26)7-10-21(23)27/h3-12,14,16,22H,13,15H2,1-2H3. The Morgan fingerprint density at radius 2 is 1.80 bits per heavy atom. The zero-order valence-electron chi connectivity index (χ0n) is 19.1. The van der Waals surface area contributed by atoms with Gasteiger partial charge in [-0.15, -0.1) is 0 Å². The number of nitrogens with zero attached hydrogens (tertiary/aromatic N) is 3. The molecule has 7 nitrogen and oxygen atoms in total. The predicted octanol–water partition coefficient (Wildman–Crippen LogP) is 5.03. The van der Waals surface area contributed by atoms with E-state index in [2.05, 4.69) is 4.98 Å². The van der Waals surface area contributed by atoms with Crippen molar-refractivity contribution in [1.29, 1.82) is 0 Å². The maximum atomic E-state index is 13.8. The minimum Gasteiger partial charge on any atom is -0.274 e. The summed E-state index contributed by atoms with van der Waals surface area (Å²) in [6.07, 6.45) is 2.76. The van der Waals surface area contributed by atoms with Gasteiger partial charge in [0.25, 0.3) is 5.91 Å². The van der Waals surface area contributed by atoms with Gasteiger partial charge in [-0.05, 0) is 53.4 Å². The molecule has 1 fully saturated rings. The Morgan fingerprint density at radius 3 is 2.43 bits per heavy atom. The van der Waals surface area contributed by atoms with E-state index in [9.17, 15) is 18.0 Å². The molecule has 35 heavy (non-hydrogen) atoms. The molecule has 2 aromatic carbocycles. The Labute approximate surface area is 214 Å². The quantitative estimate of drug-likeness (QED) is 0.398. The molecular weight excluding hydrogens is 509 g/mol. The van der Waals surface area contributed by atoms with Crippen molar-refractivity contribution in [3.63, 3.8) is 0 Å². The summed E-state index contributed by atoms with van der Waals surface area (Å²) in [7, 11) is -4.33. The van der Waals surface area contributed by atoms with E-state index in [0.29, 0.717) is 11.3 Å². The average molecular weight is 532 g/mol. The van der Waals surface area contributed by atoms with Crippen LogP contribution in [0, 0.1) is 0 Å². The average Bonchev–Trinajstić information content (AvgIpc) is 3.12. The molecule has 0 aliphatic carbocycles. The van der Waals surface area contributed by atoms with Crippen molar-refractivity contribution in [2.24, 2.45) is 0 Å². The number of rotatable bonds is 7. The van der Waals surface area contributed by atoms with E-state index in [1.54, 1.807) is 30.5 Å². The Hall–Kier alpha value is -2.78. The van der Waals surface area contributed by atoms with Gasteiger partial charge in [0, 0.05) is 24.0 Å². The predicted molar refractivity (Wildman–Crippen MR) is 135 cm³/mol. The molecule has 10 heteroatoms. The second-order valence-corrected chi connectivity index (χ2v) is 11.2. The van der Waals surface area contributed by atoms with Gasteiger partial charge in [0.15, 0.2) is 0 Å². The first-order valence-corrected chi connectivity index (χ1v) is 13.1. The van der Waals surface area contributed by atoms with Gasteiger partial charge < -0.3 is 0 Å². The lowest BCUT2D eigenvalue weighted by molar-refractivity contribution is -0.122. The van der Waals surface area contributed by atoms with Crippen molar-refractivity contribution in [2.45, 2.75) is 43.7 Å². The molecule has 3 aromatic rings. The second kappa shape index (κ2) is 10.1. The van der Waals surface area contributed by atoms with Crippen molar-refractivity contribution >= 4 is 50.7 Å². The van der Waals surface area contributed by atoms with Gasteiger partial charge in [0.2, 0.25) is 15.9 Å². The third-order valence-corrected chi connectivity index (χ3v) is 8.40. The molecule has 2 heterocycles. The van der Waals surface area contributed by atoms with E-state index in [1.165, 1.54) is 24.4 Å². The number of hydrogen-bond acceptors (Lipinski definition) is 5. The van der Waals surface area contributed by atoms with Gasteiger partial charge in [-0.25, -0.2) is 13.3 Å². The van der Waals surface area contributed by atoms with E-state index in [0.717, 1.165) is 14.8 Å². The topological polar surface area (TPSA) is 87.7 Å². The highest BCUT2D eigenvalue weighted by atomic mass is 35.5. The summed E-state index contributed by atoms with van der Waals surface area (Å²) in [5.41, 5.74) is 2.00. The van der Waals surface area contributed by atoms with Crippen LogP contribution in [0.4, 0.5) is 5.69 Å². The molecule has 1 aliphatic rings. The van der Waals surface area contributed by atoms with Crippen molar-refractivity contribution in [2.75, 3.05) is 4.90 Å². The molecule has 0 bridgehead atoms. The maximum Gasteiger partial charge on any atom is 0.252 e. The minimum atomic E-state index is -4.33. The zero-order chi connectivity index (χ0) is 25.3. The molecule has 1 aromatic heterocycles. The smallest absolute Gasteiger partial charge is 0.252 e. The van der Waals surface area contributed by atoms with Crippen molar-refractivity contribution in [1.82, 2.24) is 9.29 Å². The highest BCUT2D eigenvalue weighted by Crippen LogP contribution is 2.34. The minimum absolute atomic E-state index is 0.0384. The number of carbonyl (C=O) groups excluding carboxylic acids is 2. The van der Waals surface area contributed by atoms with E-state index >= 15 is 0 Å². The summed E-state index contributed by atoms with van der Waals surface area (Å²) < 4.78 is 28.6. The third-order valence-electron chi connectivity index (χ3n) is 5.83. The number of sulfonamides is 1. The molecule has 0 N–H and O–H groups in total. The van der Waals surface area contributed by atoms with Gasteiger partial charge in [-0.3, -0.25) is 14.6 Å². The Kier molecular flexibility index (Phi) is 7.28. The Balaban J connectivity index is 1.75. The summed E-state index contributed by atoms with van der Waals surface area (Å²) >= 11 is 12.3. The number of benzene rings is 2. The summed E-state index contributed by atoms with van der Waals surface area (Å²) in [6, 6.07) is 13.3. The van der Waals surface area contributed by atoms with Crippen LogP contribution in [-0.2, 0) is 26.2 Å². The van der Waals surface area contributed by atoms with Crippen molar-refractivity contribution < 1.29 is 18.0 Å². The monoisotopic (exact) mass is 531 g/mol. The van der Waals surface area contributed by atoms with Gasteiger partial charge in [0.05, 0.1) is 17.1 Å². The fourth-order valence-corrected chi connectivity index (χ4v) is 6.26. The number of pyridine rings is 1. The van der Waals surface area contributed by atoms with E-state index in [1.807, 2.05) is 26.0 Å². The number of halogens is 2. The summed E-state index contributed by atoms with van der Waals surface area (Å²) in [5, 5.41) is 0.137. The molecule has 1 aliphatic heterocycles. The SMILES string of the molecule is CC(C)c1ccc(N2C(=O)CC(N(Cc3cccnc3)S(=O)(=O)c3cc(Cl)ccc3Cl)C2=O)cc1. The molecule has 0 radical (unpaired) electrons. The van der Waals surface area contributed by atoms with Crippen LogP contribution in [-0.4, -0.2) is 35.6 Å². The van der Waals surface area contributed by atoms with Crippen molar-refractivity contribution in [3.8, 4) is 0 Å². The van der Waals surface area contributed by atoms with Crippen LogP contribution in [0.1, 0.15) is 37.3 Å². The summed E-state index contributed by atoms with van der Waals surface area (Å²) in [4.78, 5) is 31.3. The van der Waals surface area contributed by atoms with Crippen LogP contribution >= 0.6 is 23.2 Å². The van der Waals surface area contributed by atoms with E-state index < -0.39 is 27.9 Å². The lowest BCUT2D eigenvalue weighted by Gasteiger charge is -2.27. The van der Waals surface area contributed by atoms with E-state index in [-0.39, 0.29) is 33.8 Å². The molecule has 1 saturated heterocycles. The molecule has 0 saturated carbocycles. The Morgan fingerprint density at radius 1 is 1.09 bits per heavy atom. The van der Waals surface area contributed by atoms with Crippen molar-refractivity contribution in [3.05, 3.63) is 88.2 Å². The first-order chi connectivity index (χ1) is 16.6. The number of anilines is 1. The van der Waals surface area contributed by atoms with Crippen LogP contribution < -0.4 is 4.90 Å². The van der Waals surface area contributed by atoms with Gasteiger partial charge >= 0.3 is 0 Å². The van der Waals surface area contributed by atoms with Crippen LogP contribution in [0.2, 0.25) is 10.0 Å². The van der Waals surface area contributed by atoms with Crippen LogP contribution in [0.25, 0.3) is 0 Å². The fraction of sp³-hybridized carbons (Fsp3) is 0.240. The normalized spacial score (nSPS) is 16.5. The number of aromatic nitrogens is 1. The maximum absolute atomic E-state index is 13.8. The van der Waals surface area contributed by atoms with Gasteiger partial charge in [-0.2, -0.15) is 4.31 Å². The highest BCUT2D eigenvalue weighted by molar-refractivity contribution is 7.89. The zero-order valence-corrected chi connectivity index (χ0v) is 21.4. The molecule has 1 atom stereocenters. The van der Waals surface area contributed by atoms with Crippen LogP contribution in [0.15, 0.2) is 71.9 Å². The Bertz CT molecular complexity index is 1360. The fourth-order valence-electron chi connectivity index (χ4n) is 3.96. The molecule has 0 spiro atoms. The molecule has 2 amide bonds.